The third-order valence-corrected chi connectivity index (χ3v) is 1.78. The number of Topliss-reactive ketones (excluding diaryl/α,β-unsaturated/α-hetero) is 1. The highest BCUT2D eigenvalue weighted by Gasteiger charge is 2.18. The summed E-state index contributed by atoms with van der Waals surface area (Å²) in [5.41, 5.74) is 4.75. The summed E-state index contributed by atoms with van der Waals surface area (Å²) in [6.45, 7) is -0.319. The van der Waals surface area contributed by atoms with E-state index < -0.39 is 11.6 Å². The van der Waals surface area contributed by atoms with Crippen molar-refractivity contribution >= 4 is 5.78 Å². The topological polar surface area (TPSA) is 74.4 Å². The summed E-state index contributed by atoms with van der Waals surface area (Å²) in [4.78, 5) is 14.9. The van der Waals surface area contributed by atoms with Gasteiger partial charge in [-0.15, -0.1) is 0 Å². The van der Waals surface area contributed by atoms with Crippen molar-refractivity contribution in [3.63, 3.8) is 0 Å². The summed E-state index contributed by atoms with van der Waals surface area (Å²) < 4.78 is 23.0. The van der Waals surface area contributed by atoms with Gasteiger partial charge in [0.05, 0.1) is 20.8 Å². The van der Waals surface area contributed by atoms with E-state index in [4.69, 9.17) is 15.2 Å². The Morgan fingerprint density at radius 2 is 2.20 bits per heavy atom. The van der Waals surface area contributed by atoms with Crippen molar-refractivity contribution in [2.45, 2.75) is 0 Å². The first-order valence-corrected chi connectivity index (χ1v) is 4.15. The molecule has 0 radical (unpaired) electrons. The quantitative estimate of drug-likeness (QED) is 0.733. The summed E-state index contributed by atoms with van der Waals surface area (Å²) in [5, 5.41) is 0. The van der Waals surface area contributed by atoms with E-state index >= 15 is 0 Å². The van der Waals surface area contributed by atoms with Gasteiger partial charge in [-0.1, -0.05) is 0 Å². The number of ketones is 1. The monoisotopic (exact) mass is 214 g/mol. The predicted octanol–water partition coefficient (Wildman–Crippen LogP) is 0.379. The third-order valence-electron chi connectivity index (χ3n) is 1.78. The molecule has 0 saturated heterocycles. The van der Waals surface area contributed by atoms with Crippen LogP contribution in [0.1, 0.15) is 10.5 Å². The highest BCUT2D eigenvalue weighted by molar-refractivity contribution is 5.96. The zero-order chi connectivity index (χ0) is 11.4. The minimum atomic E-state index is -0.825. The van der Waals surface area contributed by atoms with Crippen LogP contribution in [0.2, 0.25) is 0 Å². The first-order chi connectivity index (χ1) is 7.13. The average Bonchev–Trinajstić information content (AvgIpc) is 2.28. The molecule has 0 aliphatic heterocycles. The van der Waals surface area contributed by atoms with Gasteiger partial charge in [-0.3, -0.25) is 4.79 Å². The number of aromatic nitrogens is 1. The highest BCUT2D eigenvalue weighted by atomic mass is 19.1. The van der Waals surface area contributed by atoms with E-state index in [9.17, 15) is 9.18 Å². The maximum Gasteiger partial charge on any atom is 0.217 e. The Hall–Kier alpha value is -1.69. The Labute approximate surface area is 86.0 Å². The van der Waals surface area contributed by atoms with Crippen LogP contribution < -0.4 is 15.2 Å². The second-order valence-electron chi connectivity index (χ2n) is 2.66. The number of hydrogen-bond donors (Lipinski definition) is 1. The van der Waals surface area contributed by atoms with Crippen LogP contribution in [0.3, 0.4) is 0 Å². The van der Waals surface area contributed by atoms with Gasteiger partial charge in [-0.25, -0.2) is 9.37 Å². The number of ether oxygens (including phenoxy) is 2. The maximum absolute atomic E-state index is 13.5. The van der Waals surface area contributed by atoms with E-state index in [2.05, 4.69) is 4.98 Å². The van der Waals surface area contributed by atoms with E-state index in [0.717, 1.165) is 0 Å². The molecule has 1 aromatic rings. The van der Waals surface area contributed by atoms with E-state index in [-0.39, 0.29) is 23.9 Å². The second kappa shape index (κ2) is 4.70. The van der Waals surface area contributed by atoms with Crippen molar-refractivity contribution in [3.05, 3.63) is 17.6 Å². The fourth-order valence-electron chi connectivity index (χ4n) is 1.02. The predicted molar refractivity (Wildman–Crippen MR) is 50.7 cm³/mol. The van der Waals surface area contributed by atoms with Gasteiger partial charge in [0.25, 0.3) is 0 Å². The molecule has 82 valence electrons. The molecule has 0 saturated carbocycles. The molecule has 0 unspecified atom stereocenters. The molecular weight excluding hydrogens is 203 g/mol. The van der Waals surface area contributed by atoms with Gasteiger partial charge in [0.1, 0.15) is 0 Å². The lowest BCUT2D eigenvalue weighted by molar-refractivity contribution is 0.0990. The molecule has 0 amide bonds. The van der Waals surface area contributed by atoms with Crippen molar-refractivity contribution in [1.82, 2.24) is 4.98 Å². The Kier molecular flexibility index (Phi) is 3.56. The van der Waals surface area contributed by atoms with E-state index in [1.54, 1.807) is 0 Å². The zero-order valence-corrected chi connectivity index (χ0v) is 8.41. The van der Waals surface area contributed by atoms with Gasteiger partial charge in [0.15, 0.2) is 23.0 Å². The molecule has 0 spiro atoms. The van der Waals surface area contributed by atoms with Crippen molar-refractivity contribution in [1.29, 1.82) is 0 Å². The van der Waals surface area contributed by atoms with Crippen LogP contribution in [0.15, 0.2) is 6.07 Å². The Morgan fingerprint density at radius 1 is 1.53 bits per heavy atom. The number of nitrogens with two attached hydrogens (primary N) is 1. The number of methoxy groups -OCH3 is 2. The maximum atomic E-state index is 13.5. The van der Waals surface area contributed by atoms with Crippen LogP contribution in [0, 0.1) is 5.82 Å². The molecule has 0 aliphatic rings. The normalized spacial score (nSPS) is 9.87. The van der Waals surface area contributed by atoms with Crippen LogP contribution in [0.5, 0.6) is 11.6 Å². The van der Waals surface area contributed by atoms with Crippen LogP contribution in [0.4, 0.5) is 4.39 Å². The molecule has 1 rings (SSSR count). The number of hydrogen-bond acceptors (Lipinski definition) is 5. The lowest BCUT2D eigenvalue weighted by atomic mass is 10.2. The molecule has 0 fully saturated rings. The summed E-state index contributed by atoms with van der Waals surface area (Å²) in [5.74, 6) is -1.43. The molecule has 0 atom stereocenters. The molecule has 0 aliphatic carbocycles. The summed E-state index contributed by atoms with van der Waals surface area (Å²) >= 11 is 0. The number of carbonyl (C=O) groups excluding carboxylic acids is 1. The summed E-state index contributed by atoms with van der Waals surface area (Å²) in [6, 6.07) is 1.25. The van der Waals surface area contributed by atoms with Gasteiger partial charge in [0, 0.05) is 6.07 Å². The van der Waals surface area contributed by atoms with Gasteiger partial charge >= 0.3 is 0 Å². The zero-order valence-electron chi connectivity index (χ0n) is 8.41. The smallest absolute Gasteiger partial charge is 0.217 e. The molecule has 6 heteroatoms. The second-order valence-corrected chi connectivity index (χ2v) is 2.66. The fraction of sp³-hybridized carbons (Fsp3) is 0.333. The van der Waals surface area contributed by atoms with Crippen LogP contribution in [-0.4, -0.2) is 31.5 Å². The van der Waals surface area contributed by atoms with Crippen LogP contribution >= 0.6 is 0 Å². The average molecular weight is 214 g/mol. The number of nitrogens with zero attached hydrogens (tertiary/aromatic N) is 1. The molecule has 1 heterocycles. The number of halogens is 1. The molecule has 5 nitrogen and oxygen atoms in total. The summed E-state index contributed by atoms with van der Waals surface area (Å²) in [6.07, 6.45) is 0. The minimum Gasteiger partial charge on any atom is -0.493 e. The largest absolute Gasteiger partial charge is 0.493 e. The first kappa shape index (κ1) is 11.4. The van der Waals surface area contributed by atoms with Gasteiger partial charge in [-0.2, -0.15) is 0 Å². The SMILES string of the molecule is COc1cc(OC)c(F)c(C(=O)CN)n1. The molecule has 15 heavy (non-hydrogen) atoms. The first-order valence-electron chi connectivity index (χ1n) is 4.15. The Balaban J connectivity index is 3.30. The van der Waals surface area contributed by atoms with E-state index in [1.165, 1.54) is 20.3 Å². The molecule has 2 N–H and O–H groups in total. The molecular formula is C9H11FN2O3. The van der Waals surface area contributed by atoms with Crippen LogP contribution in [-0.2, 0) is 0 Å². The molecule has 0 aromatic carbocycles. The van der Waals surface area contributed by atoms with Gasteiger partial charge in [-0.05, 0) is 0 Å². The lowest BCUT2D eigenvalue weighted by Crippen LogP contribution is -2.17. The highest BCUT2D eigenvalue weighted by Crippen LogP contribution is 2.24. The fourth-order valence-corrected chi connectivity index (χ4v) is 1.02. The lowest BCUT2D eigenvalue weighted by Gasteiger charge is -2.07. The third kappa shape index (κ3) is 2.21. The standard InChI is InChI=1S/C9H11FN2O3/c1-14-6-3-7(15-2)12-9(8(6)10)5(13)4-11/h3H,4,11H2,1-2H3. The van der Waals surface area contributed by atoms with Crippen molar-refractivity contribution in [3.8, 4) is 11.6 Å². The molecule has 1 aromatic heterocycles. The van der Waals surface area contributed by atoms with Crippen molar-refractivity contribution in [2.24, 2.45) is 5.73 Å². The number of rotatable bonds is 4. The Morgan fingerprint density at radius 3 is 2.67 bits per heavy atom. The Bertz CT molecular complexity index is 382. The van der Waals surface area contributed by atoms with Gasteiger partial charge in [0.2, 0.25) is 5.88 Å². The van der Waals surface area contributed by atoms with Crippen LogP contribution in [0.25, 0.3) is 0 Å². The van der Waals surface area contributed by atoms with Crippen molar-refractivity contribution < 1.29 is 18.7 Å². The van der Waals surface area contributed by atoms with E-state index in [1.807, 2.05) is 0 Å². The summed E-state index contributed by atoms with van der Waals surface area (Å²) in [7, 11) is 2.64. The number of carbonyl (C=O) groups is 1. The number of pyridine rings is 1. The van der Waals surface area contributed by atoms with Crippen molar-refractivity contribution in [2.75, 3.05) is 20.8 Å². The minimum absolute atomic E-state index is 0.0985. The van der Waals surface area contributed by atoms with E-state index in [0.29, 0.717) is 0 Å². The van der Waals surface area contributed by atoms with Gasteiger partial charge < -0.3 is 15.2 Å². The molecule has 0 bridgehead atoms.